The van der Waals surface area contributed by atoms with Gasteiger partial charge in [-0.05, 0) is 38.9 Å². The third kappa shape index (κ3) is 3.41. The van der Waals surface area contributed by atoms with Crippen molar-refractivity contribution in [2.45, 2.75) is 51.1 Å². The summed E-state index contributed by atoms with van der Waals surface area (Å²) in [6, 6.07) is 0.315. The van der Waals surface area contributed by atoms with E-state index in [1.807, 2.05) is 0 Å². The SMILES string of the molecule is CCN(CC)CCNC1(C(=O)OC)CCN2CCCCC21. The molecule has 2 aliphatic heterocycles. The number of likely N-dealkylation sites (N-methyl/N-ethyl adjacent to an activating group) is 1. The summed E-state index contributed by atoms with van der Waals surface area (Å²) < 4.78 is 5.15. The summed E-state index contributed by atoms with van der Waals surface area (Å²) in [5.74, 6) is -0.0727. The summed E-state index contributed by atoms with van der Waals surface area (Å²) in [7, 11) is 1.52. The minimum absolute atomic E-state index is 0.0727. The zero-order valence-electron chi connectivity index (χ0n) is 13.9. The summed E-state index contributed by atoms with van der Waals surface area (Å²) in [6.45, 7) is 10.4. The molecule has 0 aromatic heterocycles. The number of carbonyl (C=O) groups is 1. The van der Waals surface area contributed by atoms with Gasteiger partial charge in [-0.15, -0.1) is 0 Å². The predicted octanol–water partition coefficient (Wildman–Crippen LogP) is 1.09. The van der Waals surface area contributed by atoms with Gasteiger partial charge in [-0.3, -0.25) is 10.2 Å². The number of fused-ring (bicyclic) bond motifs is 1. The molecule has 0 spiro atoms. The van der Waals surface area contributed by atoms with Gasteiger partial charge in [0.25, 0.3) is 0 Å². The Kier molecular flexibility index (Phi) is 6.02. The Morgan fingerprint density at radius 1 is 1.33 bits per heavy atom. The van der Waals surface area contributed by atoms with Crippen LogP contribution in [0.3, 0.4) is 0 Å². The molecule has 5 heteroatoms. The highest BCUT2D eigenvalue weighted by Gasteiger charge is 2.53. The monoisotopic (exact) mass is 297 g/mol. The number of methoxy groups -OCH3 is 1. The van der Waals surface area contributed by atoms with Gasteiger partial charge < -0.3 is 9.64 Å². The Balaban J connectivity index is 2.02. The second-order valence-corrected chi connectivity index (χ2v) is 6.21. The van der Waals surface area contributed by atoms with Crippen LogP contribution in [0.15, 0.2) is 0 Å². The van der Waals surface area contributed by atoms with Gasteiger partial charge in [-0.25, -0.2) is 4.79 Å². The fraction of sp³-hybridized carbons (Fsp3) is 0.938. The number of hydrogen-bond donors (Lipinski definition) is 1. The number of ether oxygens (including phenoxy) is 1. The first kappa shape index (κ1) is 16.7. The molecule has 5 nitrogen and oxygen atoms in total. The van der Waals surface area contributed by atoms with Crippen molar-refractivity contribution in [1.29, 1.82) is 0 Å². The van der Waals surface area contributed by atoms with Gasteiger partial charge in [0.2, 0.25) is 0 Å². The predicted molar refractivity (Wildman–Crippen MR) is 84.4 cm³/mol. The lowest BCUT2D eigenvalue weighted by Gasteiger charge is -2.39. The van der Waals surface area contributed by atoms with Crippen LogP contribution in [0, 0.1) is 0 Å². The number of rotatable bonds is 7. The molecular weight excluding hydrogens is 266 g/mol. The van der Waals surface area contributed by atoms with Crippen LogP contribution in [0.2, 0.25) is 0 Å². The summed E-state index contributed by atoms with van der Waals surface area (Å²) in [4.78, 5) is 17.3. The van der Waals surface area contributed by atoms with Crippen molar-refractivity contribution in [3.63, 3.8) is 0 Å². The minimum Gasteiger partial charge on any atom is -0.468 e. The first-order valence-corrected chi connectivity index (χ1v) is 8.47. The van der Waals surface area contributed by atoms with Crippen molar-refractivity contribution in [1.82, 2.24) is 15.1 Å². The topological polar surface area (TPSA) is 44.8 Å². The number of nitrogens with one attached hydrogen (secondary N) is 1. The Hall–Kier alpha value is -0.650. The Morgan fingerprint density at radius 2 is 2.10 bits per heavy atom. The molecule has 2 unspecified atom stereocenters. The van der Waals surface area contributed by atoms with E-state index in [-0.39, 0.29) is 5.97 Å². The van der Waals surface area contributed by atoms with Gasteiger partial charge in [0.1, 0.15) is 5.54 Å². The Bertz CT molecular complexity index is 346. The normalized spacial score (nSPS) is 29.6. The summed E-state index contributed by atoms with van der Waals surface area (Å²) in [5, 5.41) is 3.59. The molecule has 0 amide bonds. The summed E-state index contributed by atoms with van der Waals surface area (Å²) in [6.07, 6.45) is 4.46. The lowest BCUT2D eigenvalue weighted by molar-refractivity contribution is -0.150. The average molecular weight is 297 g/mol. The van der Waals surface area contributed by atoms with E-state index in [2.05, 4.69) is 29.0 Å². The Morgan fingerprint density at radius 3 is 2.76 bits per heavy atom. The second-order valence-electron chi connectivity index (χ2n) is 6.21. The molecule has 0 saturated carbocycles. The fourth-order valence-corrected chi connectivity index (χ4v) is 3.98. The maximum absolute atomic E-state index is 12.5. The van der Waals surface area contributed by atoms with E-state index in [9.17, 15) is 4.79 Å². The lowest BCUT2D eigenvalue weighted by Crippen LogP contribution is -2.62. The van der Waals surface area contributed by atoms with Crippen LogP contribution < -0.4 is 5.32 Å². The highest BCUT2D eigenvalue weighted by molar-refractivity contribution is 5.82. The second kappa shape index (κ2) is 7.56. The average Bonchev–Trinajstić information content (AvgIpc) is 2.91. The number of carbonyl (C=O) groups excluding carboxylic acids is 1. The van der Waals surface area contributed by atoms with Crippen molar-refractivity contribution < 1.29 is 9.53 Å². The molecule has 0 bridgehead atoms. The van der Waals surface area contributed by atoms with Crippen LogP contribution in [0.4, 0.5) is 0 Å². The molecule has 0 aromatic rings. The van der Waals surface area contributed by atoms with E-state index in [0.717, 1.165) is 52.1 Å². The smallest absolute Gasteiger partial charge is 0.327 e. The van der Waals surface area contributed by atoms with Crippen LogP contribution >= 0.6 is 0 Å². The molecule has 2 fully saturated rings. The van der Waals surface area contributed by atoms with E-state index in [1.165, 1.54) is 20.0 Å². The lowest BCUT2D eigenvalue weighted by atomic mass is 9.85. The van der Waals surface area contributed by atoms with Crippen molar-refractivity contribution >= 4 is 5.97 Å². The Labute approximate surface area is 129 Å². The van der Waals surface area contributed by atoms with Crippen molar-refractivity contribution in [2.24, 2.45) is 0 Å². The maximum atomic E-state index is 12.5. The first-order chi connectivity index (χ1) is 10.2. The van der Waals surface area contributed by atoms with Gasteiger partial charge in [0.15, 0.2) is 0 Å². The first-order valence-electron chi connectivity index (χ1n) is 8.47. The summed E-state index contributed by atoms with van der Waals surface area (Å²) >= 11 is 0. The third-order valence-electron chi connectivity index (χ3n) is 5.29. The van der Waals surface area contributed by atoms with Crippen LogP contribution in [-0.4, -0.2) is 73.7 Å². The standard InChI is InChI=1S/C16H31N3O2/c1-4-18(5-2)13-10-17-16(15(20)21-3)9-12-19-11-7-6-8-14(16)19/h14,17H,4-13H2,1-3H3. The molecule has 21 heavy (non-hydrogen) atoms. The van der Waals surface area contributed by atoms with Crippen LogP contribution in [0.5, 0.6) is 0 Å². The number of esters is 1. The number of piperidine rings is 1. The van der Waals surface area contributed by atoms with E-state index in [1.54, 1.807) is 0 Å². The zero-order valence-corrected chi connectivity index (χ0v) is 13.9. The van der Waals surface area contributed by atoms with E-state index in [0.29, 0.717) is 6.04 Å². The highest BCUT2D eigenvalue weighted by Crippen LogP contribution is 2.36. The molecule has 2 aliphatic rings. The molecule has 122 valence electrons. The molecule has 1 N–H and O–H groups in total. The van der Waals surface area contributed by atoms with E-state index in [4.69, 9.17) is 4.74 Å². The number of nitrogens with zero attached hydrogens (tertiary/aromatic N) is 2. The van der Waals surface area contributed by atoms with Crippen LogP contribution in [-0.2, 0) is 9.53 Å². The van der Waals surface area contributed by atoms with Gasteiger partial charge in [-0.2, -0.15) is 0 Å². The summed E-state index contributed by atoms with van der Waals surface area (Å²) in [5.41, 5.74) is -0.484. The minimum atomic E-state index is -0.484. The highest BCUT2D eigenvalue weighted by atomic mass is 16.5. The molecular formula is C16H31N3O2. The number of hydrogen-bond acceptors (Lipinski definition) is 5. The molecule has 0 aromatic carbocycles. The van der Waals surface area contributed by atoms with Gasteiger partial charge in [-0.1, -0.05) is 20.3 Å². The van der Waals surface area contributed by atoms with Gasteiger partial charge in [0.05, 0.1) is 7.11 Å². The van der Waals surface area contributed by atoms with Gasteiger partial charge >= 0.3 is 5.97 Å². The molecule has 0 aliphatic carbocycles. The van der Waals surface area contributed by atoms with Crippen LogP contribution in [0.25, 0.3) is 0 Å². The molecule has 2 rings (SSSR count). The van der Waals surface area contributed by atoms with Crippen molar-refractivity contribution in [3.05, 3.63) is 0 Å². The molecule has 2 atom stereocenters. The molecule has 2 heterocycles. The van der Waals surface area contributed by atoms with E-state index >= 15 is 0 Å². The van der Waals surface area contributed by atoms with E-state index < -0.39 is 5.54 Å². The van der Waals surface area contributed by atoms with Crippen molar-refractivity contribution in [2.75, 3.05) is 46.4 Å². The zero-order chi connectivity index (χ0) is 15.3. The molecule has 2 saturated heterocycles. The largest absolute Gasteiger partial charge is 0.468 e. The van der Waals surface area contributed by atoms with Crippen molar-refractivity contribution in [3.8, 4) is 0 Å². The van der Waals surface area contributed by atoms with Crippen LogP contribution in [0.1, 0.15) is 39.5 Å². The third-order valence-corrected chi connectivity index (χ3v) is 5.29. The molecule has 0 radical (unpaired) electrons. The van der Waals surface area contributed by atoms with Gasteiger partial charge in [0, 0.05) is 25.7 Å². The quantitative estimate of drug-likeness (QED) is 0.713. The fourth-order valence-electron chi connectivity index (χ4n) is 3.98. The maximum Gasteiger partial charge on any atom is 0.327 e.